The van der Waals surface area contributed by atoms with E-state index in [1.807, 2.05) is 30.3 Å². The number of hydrogen-bond donors (Lipinski definition) is 2. The standard InChI is InChI=1S/C16H18N2O2/c19-15(20)16(7-3-8-17-11-16)10-12-6-9-18-14-5-2-1-4-13(12)14/h1-2,4-6,9,17H,3,7-8,10-11H2,(H,19,20). The van der Waals surface area contributed by atoms with Gasteiger partial charge in [0.1, 0.15) is 0 Å². The molecule has 2 heterocycles. The molecule has 0 saturated carbocycles. The molecule has 1 aliphatic rings. The van der Waals surface area contributed by atoms with Gasteiger partial charge in [-0.1, -0.05) is 18.2 Å². The number of piperidine rings is 1. The van der Waals surface area contributed by atoms with Crippen LogP contribution in [0.4, 0.5) is 0 Å². The third-order valence-electron chi connectivity index (χ3n) is 4.19. The summed E-state index contributed by atoms with van der Waals surface area (Å²) in [5.74, 6) is -0.703. The van der Waals surface area contributed by atoms with Crippen molar-refractivity contribution >= 4 is 16.9 Å². The summed E-state index contributed by atoms with van der Waals surface area (Å²) in [5, 5.41) is 14.0. The van der Waals surface area contributed by atoms with E-state index in [0.717, 1.165) is 35.9 Å². The minimum Gasteiger partial charge on any atom is -0.481 e. The fraction of sp³-hybridized carbons (Fsp3) is 0.375. The Hall–Kier alpha value is -1.94. The van der Waals surface area contributed by atoms with Crippen LogP contribution in [-0.2, 0) is 11.2 Å². The zero-order valence-electron chi connectivity index (χ0n) is 11.3. The van der Waals surface area contributed by atoms with Crippen LogP contribution in [0, 0.1) is 5.41 Å². The molecule has 3 rings (SSSR count). The van der Waals surface area contributed by atoms with Crippen LogP contribution in [0.15, 0.2) is 36.5 Å². The van der Waals surface area contributed by atoms with Crippen molar-refractivity contribution in [1.82, 2.24) is 10.3 Å². The highest BCUT2D eigenvalue weighted by atomic mass is 16.4. The SMILES string of the molecule is O=C(O)C1(Cc2ccnc3ccccc23)CCCNC1. The van der Waals surface area contributed by atoms with Gasteiger partial charge < -0.3 is 10.4 Å². The van der Waals surface area contributed by atoms with Crippen LogP contribution in [0.5, 0.6) is 0 Å². The molecule has 1 fully saturated rings. The lowest BCUT2D eigenvalue weighted by Gasteiger charge is -2.34. The number of nitrogens with zero attached hydrogens (tertiary/aromatic N) is 1. The molecule has 1 aromatic heterocycles. The maximum absolute atomic E-state index is 11.8. The molecule has 1 saturated heterocycles. The maximum atomic E-state index is 11.8. The van der Waals surface area contributed by atoms with Crippen LogP contribution in [0.3, 0.4) is 0 Å². The number of carboxylic acids is 1. The van der Waals surface area contributed by atoms with Crippen molar-refractivity contribution in [2.45, 2.75) is 19.3 Å². The second-order valence-electron chi connectivity index (χ2n) is 5.53. The Morgan fingerprint density at radius 3 is 2.95 bits per heavy atom. The van der Waals surface area contributed by atoms with E-state index in [-0.39, 0.29) is 0 Å². The van der Waals surface area contributed by atoms with Gasteiger partial charge in [0.2, 0.25) is 0 Å². The second kappa shape index (κ2) is 5.21. The monoisotopic (exact) mass is 270 g/mol. The normalized spacial score (nSPS) is 22.8. The summed E-state index contributed by atoms with van der Waals surface area (Å²) in [6.45, 7) is 1.45. The second-order valence-corrected chi connectivity index (χ2v) is 5.53. The first-order valence-corrected chi connectivity index (χ1v) is 6.98. The predicted molar refractivity (Wildman–Crippen MR) is 77.6 cm³/mol. The van der Waals surface area contributed by atoms with Crippen LogP contribution < -0.4 is 5.32 Å². The maximum Gasteiger partial charge on any atom is 0.311 e. The summed E-state index contributed by atoms with van der Waals surface area (Å²) in [4.78, 5) is 16.1. The Balaban J connectivity index is 2.00. The Labute approximate surface area is 117 Å². The van der Waals surface area contributed by atoms with Crippen molar-refractivity contribution in [3.63, 3.8) is 0 Å². The first-order valence-electron chi connectivity index (χ1n) is 6.98. The topological polar surface area (TPSA) is 62.2 Å². The molecular weight excluding hydrogens is 252 g/mol. The number of pyridine rings is 1. The first kappa shape index (κ1) is 13.1. The minimum absolute atomic E-state index is 0.541. The average Bonchev–Trinajstić information content (AvgIpc) is 2.48. The zero-order valence-corrected chi connectivity index (χ0v) is 11.3. The van der Waals surface area contributed by atoms with Crippen molar-refractivity contribution in [2.75, 3.05) is 13.1 Å². The van der Waals surface area contributed by atoms with Crippen molar-refractivity contribution in [2.24, 2.45) is 5.41 Å². The van der Waals surface area contributed by atoms with Crippen molar-refractivity contribution < 1.29 is 9.90 Å². The average molecular weight is 270 g/mol. The van der Waals surface area contributed by atoms with E-state index in [1.54, 1.807) is 6.20 Å². The van der Waals surface area contributed by atoms with Crippen molar-refractivity contribution in [3.05, 3.63) is 42.1 Å². The fourth-order valence-electron chi connectivity index (χ4n) is 3.05. The Morgan fingerprint density at radius 2 is 2.20 bits per heavy atom. The van der Waals surface area contributed by atoms with Gasteiger partial charge in [0.15, 0.2) is 0 Å². The van der Waals surface area contributed by atoms with Crippen molar-refractivity contribution in [3.8, 4) is 0 Å². The highest BCUT2D eigenvalue weighted by Crippen LogP contribution is 2.33. The van der Waals surface area contributed by atoms with E-state index in [4.69, 9.17) is 0 Å². The third kappa shape index (κ3) is 2.27. The van der Waals surface area contributed by atoms with E-state index in [1.165, 1.54) is 0 Å². The van der Waals surface area contributed by atoms with Gasteiger partial charge in [-0.2, -0.15) is 0 Å². The van der Waals surface area contributed by atoms with E-state index in [2.05, 4.69) is 10.3 Å². The lowest BCUT2D eigenvalue weighted by atomic mass is 9.75. The molecule has 20 heavy (non-hydrogen) atoms. The molecule has 4 nitrogen and oxygen atoms in total. The number of para-hydroxylation sites is 1. The summed E-state index contributed by atoms with van der Waals surface area (Å²) in [5.41, 5.74) is 1.30. The predicted octanol–water partition coefficient (Wildman–Crippen LogP) is 2.23. The molecule has 1 unspecified atom stereocenters. The van der Waals surface area contributed by atoms with E-state index in [0.29, 0.717) is 13.0 Å². The molecular formula is C16H18N2O2. The number of aromatic nitrogens is 1. The van der Waals surface area contributed by atoms with E-state index in [9.17, 15) is 9.90 Å². The number of carbonyl (C=O) groups is 1. The Bertz CT molecular complexity index is 628. The number of hydrogen-bond acceptors (Lipinski definition) is 3. The van der Waals surface area contributed by atoms with Gasteiger partial charge in [0.05, 0.1) is 10.9 Å². The number of carboxylic acid groups (broad SMARTS) is 1. The van der Waals surface area contributed by atoms with Crippen molar-refractivity contribution in [1.29, 1.82) is 0 Å². The highest BCUT2D eigenvalue weighted by molar-refractivity contribution is 5.83. The van der Waals surface area contributed by atoms with Crippen LogP contribution in [0.1, 0.15) is 18.4 Å². The largest absolute Gasteiger partial charge is 0.481 e. The highest BCUT2D eigenvalue weighted by Gasteiger charge is 2.40. The van der Waals surface area contributed by atoms with Gasteiger partial charge in [-0.05, 0) is 43.5 Å². The number of fused-ring (bicyclic) bond motifs is 1. The van der Waals surface area contributed by atoms with E-state index < -0.39 is 11.4 Å². The third-order valence-corrected chi connectivity index (χ3v) is 4.19. The van der Waals surface area contributed by atoms with Gasteiger partial charge >= 0.3 is 5.97 Å². The molecule has 104 valence electrons. The smallest absolute Gasteiger partial charge is 0.311 e. The van der Waals surface area contributed by atoms with Gasteiger partial charge in [-0.15, -0.1) is 0 Å². The molecule has 2 N–H and O–H groups in total. The fourth-order valence-corrected chi connectivity index (χ4v) is 3.05. The van der Waals surface area contributed by atoms with Crippen LogP contribution >= 0.6 is 0 Å². The minimum atomic E-state index is -0.703. The van der Waals surface area contributed by atoms with Gasteiger partial charge in [-0.25, -0.2) is 0 Å². The van der Waals surface area contributed by atoms with Crippen LogP contribution in [0.25, 0.3) is 10.9 Å². The summed E-state index contributed by atoms with van der Waals surface area (Å²) >= 11 is 0. The zero-order chi connectivity index (χ0) is 14.0. The number of nitrogens with one attached hydrogen (secondary N) is 1. The summed E-state index contributed by atoms with van der Waals surface area (Å²) < 4.78 is 0. The Kier molecular flexibility index (Phi) is 3.40. The van der Waals surface area contributed by atoms with Crippen LogP contribution in [0.2, 0.25) is 0 Å². The molecule has 4 heteroatoms. The van der Waals surface area contributed by atoms with E-state index >= 15 is 0 Å². The molecule has 0 amide bonds. The molecule has 0 spiro atoms. The summed E-state index contributed by atoms with van der Waals surface area (Å²) in [6.07, 6.45) is 3.96. The number of benzene rings is 1. The van der Waals surface area contributed by atoms with Gasteiger partial charge in [-0.3, -0.25) is 9.78 Å². The number of aliphatic carboxylic acids is 1. The summed E-state index contributed by atoms with van der Waals surface area (Å²) in [6, 6.07) is 9.85. The quantitative estimate of drug-likeness (QED) is 0.898. The summed E-state index contributed by atoms with van der Waals surface area (Å²) in [7, 11) is 0. The van der Waals surface area contributed by atoms with Crippen LogP contribution in [-0.4, -0.2) is 29.1 Å². The molecule has 1 aliphatic heterocycles. The molecule has 2 aromatic rings. The lowest BCUT2D eigenvalue weighted by Crippen LogP contribution is -2.47. The van der Waals surface area contributed by atoms with Gasteiger partial charge in [0.25, 0.3) is 0 Å². The number of rotatable bonds is 3. The molecule has 0 aliphatic carbocycles. The molecule has 0 bridgehead atoms. The van der Waals surface area contributed by atoms with Gasteiger partial charge in [0, 0.05) is 18.1 Å². The Morgan fingerprint density at radius 1 is 1.35 bits per heavy atom. The molecule has 1 aromatic carbocycles. The lowest BCUT2D eigenvalue weighted by molar-refractivity contribution is -0.150. The molecule has 0 radical (unpaired) electrons. The first-order chi connectivity index (χ1) is 9.71. The molecule has 1 atom stereocenters.